The second kappa shape index (κ2) is 5.09. The van der Waals surface area contributed by atoms with Crippen molar-refractivity contribution in [2.75, 3.05) is 0 Å². The molecule has 2 aromatic carbocycles. The Kier molecular flexibility index (Phi) is 3.26. The topological polar surface area (TPSA) is 29.5 Å². The maximum absolute atomic E-state index is 12.2. The lowest BCUT2D eigenvalue weighted by Gasteiger charge is -2.32. The van der Waals surface area contributed by atoms with E-state index in [1.54, 1.807) is 4.90 Å². The minimum Gasteiger partial charge on any atom is -0.412 e. The molecule has 0 N–H and O–H groups in total. The Morgan fingerprint density at radius 2 is 1.62 bits per heavy atom. The van der Waals surface area contributed by atoms with Crippen LogP contribution in [0.5, 0.6) is 0 Å². The summed E-state index contributed by atoms with van der Waals surface area (Å²) in [7, 11) is 0. The van der Waals surface area contributed by atoms with Gasteiger partial charge in [0.05, 0.1) is 6.54 Å². The highest BCUT2D eigenvalue weighted by Gasteiger charge is 2.48. The fourth-order valence-electron chi connectivity index (χ4n) is 2.66. The number of carbonyl (C=O) groups excluding carboxylic acids is 1. The Balaban J connectivity index is 2.00. The van der Waals surface area contributed by atoms with Gasteiger partial charge in [0.1, 0.15) is 11.3 Å². The summed E-state index contributed by atoms with van der Waals surface area (Å²) in [4.78, 5) is 13.9. The zero-order valence-electron chi connectivity index (χ0n) is 12.0. The zero-order chi connectivity index (χ0) is 14.9. The van der Waals surface area contributed by atoms with Crippen LogP contribution < -0.4 is 0 Å². The standard InChI is InChI=1S/C18H17NO2/c1-14-18(2,16-11-7-4-8-12-16)19(17(20)21-14)13-15-9-5-3-6-10-15/h3-12H,1,13H2,2H3. The number of nitrogens with zero attached hydrogens (tertiary/aromatic N) is 1. The molecule has 2 aromatic rings. The third kappa shape index (κ3) is 2.21. The highest BCUT2D eigenvalue weighted by atomic mass is 16.6. The largest absolute Gasteiger partial charge is 0.416 e. The van der Waals surface area contributed by atoms with E-state index >= 15 is 0 Å². The van der Waals surface area contributed by atoms with Crippen LogP contribution in [0.1, 0.15) is 18.1 Å². The van der Waals surface area contributed by atoms with Gasteiger partial charge >= 0.3 is 6.09 Å². The molecule has 1 saturated heterocycles. The molecule has 1 heterocycles. The Labute approximate surface area is 124 Å². The predicted octanol–water partition coefficient (Wildman–Crippen LogP) is 4.07. The van der Waals surface area contributed by atoms with Gasteiger partial charge in [0, 0.05) is 0 Å². The van der Waals surface area contributed by atoms with Gasteiger partial charge in [-0.1, -0.05) is 67.2 Å². The average molecular weight is 279 g/mol. The molecule has 3 rings (SSSR count). The number of hydrogen-bond donors (Lipinski definition) is 0. The minimum absolute atomic E-state index is 0.352. The first-order valence-corrected chi connectivity index (χ1v) is 6.90. The number of rotatable bonds is 3. The predicted molar refractivity (Wildman–Crippen MR) is 81.4 cm³/mol. The Morgan fingerprint density at radius 3 is 2.24 bits per heavy atom. The monoisotopic (exact) mass is 279 g/mol. The summed E-state index contributed by atoms with van der Waals surface area (Å²) in [6.07, 6.45) is -0.352. The van der Waals surface area contributed by atoms with Gasteiger partial charge in [-0.25, -0.2) is 4.79 Å². The molecule has 21 heavy (non-hydrogen) atoms. The van der Waals surface area contributed by atoms with Gasteiger partial charge in [0.25, 0.3) is 0 Å². The third-order valence-electron chi connectivity index (χ3n) is 4.03. The summed E-state index contributed by atoms with van der Waals surface area (Å²) < 4.78 is 5.31. The molecule has 106 valence electrons. The normalized spacial score (nSPS) is 21.5. The first-order valence-electron chi connectivity index (χ1n) is 6.90. The number of benzene rings is 2. The quantitative estimate of drug-likeness (QED) is 0.847. The van der Waals surface area contributed by atoms with Gasteiger partial charge in [0.15, 0.2) is 0 Å². The van der Waals surface area contributed by atoms with Crippen molar-refractivity contribution in [3.8, 4) is 0 Å². The molecule has 3 nitrogen and oxygen atoms in total. The van der Waals surface area contributed by atoms with Crippen molar-refractivity contribution in [3.05, 3.63) is 84.1 Å². The zero-order valence-corrected chi connectivity index (χ0v) is 12.0. The average Bonchev–Trinajstić information content (AvgIpc) is 2.74. The van der Waals surface area contributed by atoms with Crippen LogP contribution in [-0.4, -0.2) is 11.0 Å². The fourth-order valence-corrected chi connectivity index (χ4v) is 2.66. The summed E-state index contributed by atoms with van der Waals surface area (Å²) in [5, 5.41) is 0. The van der Waals surface area contributed by atoms with Crippen molar-refractivity contribution in [1.29, 1.82) is 0 Å². The second-order valence-electron chi connectivity index (χ2n) is 5.30. The summed E-state index contributed by atoms with van der Waals surface area (Å²) in [5.41, 5.74) is 1.41. The maximum Gasteiger partial charge on any atom is 0.416 e. The van der Waals surface area contributed by atoms with Crippen molar-refractivity contribution < 1.29 is 9.53 Å². The maximum atomic E-state index is 12.2. The van der Waals surface area contributed by atoms with Crippen molar-refractivity contribution in [1.82, 2.24) is 4.90 Å². The Hall–Kier alpha value is -2.55. The molecule has 1 unspecified atom stereocenters. The minimum atomic E-state index is -0.645. The van der Waals surface area contributed by atoms with Crippen LogP contribution in [0.2, 0.25) is 0 Å². The van der Waals surface area contributed by atoms with E-state index in [0.717, 1.165) is 11.1 Å². The molecular weight excluding hydrogens is 262 g/mol. The van der Waals surface area contributed by atoms with E-state index in [-0.39, 0.29) is 6.09 Å². The molecule has 0 aromatic heterocycles. The fraction of sp³-hybridized carbons (Fsp3) is 0.167. The van der Waals surface area contributed by atoms with E-state index in [9.17, 15) is 4.79 Å². The number of hydrogen-bond acceptors (Lipinski definition) is 2. The first-order chi connectivity index (χ1) is 10.1. The molecule has 1 atom stereocenters. The van der Waals surface area contributed by atoms with Crippen molar-refractivity contribution >= 4 is 6.09 Å². The molecule has 3 heteroatoms. The first kappa shape index (κ1) is 13.4. The van der Waals surface area contributed by atoms with Crippen molar-refractivity contribution in [3.63, 3.8) is 0 Å². The van der Waals surface area contributed by atoms with Crippen molar-refractivity contribution in [2.24, 2.45) is 0 Å². The molecule has 0 spiro atoms. The van der Waals surface area contributed by atoms with Gasteiger partial charge in [-0.15, -0.1) is 0 Å². The van der Waals surface area contributed by atoms with Crippen LogP contribution in [0.4, 0.5) is 4.79 Å². The van der Waals surface area contributed by atoms with Crippen LogP contribution in [0.25, 0.3) is 0 Å². The van der Waals surface area contributed by atoms with Gasteiger partial charge in [-0.2, -0.15) is 0 Å². The summed E-state index contributed by atoms with van der Waals surface area (Å²) in [6.45, 7) is 6.40. The van der Waals surface area contributed by atoms with Gasteiger partial charge in [0.2, 0.25) is 0 Å². The summed E-state index contributed by atoms with van der Waals surface area (Å²) in [6, 6.07) is 19.7. The molecule has 0 radical (unpaired) electrons. The molecular formula is C18H17NO2. The molecule has 1 fully saturated rings. The lowest BCUT2D eigenvalue weighted by Crippen LogP contribution is -2.40. The van der Waals surface area contributed by atoms with E-state index in [4.69, 9.17) is 4.74 Å². The van der Waals surface area contributed by atoms with Crippen molar-refractivity contribution in [2.45, 2.75) is 19.0 Å². The molecule has 0 aliphatic carbocycles. The van der Waals surface area contributed by atoms with Crippen LogP contribution in [-0.2, 0) is 16.8 Å². The van der Waals surface area contributed by atoms with Gasteiger partial charge in [-0.3, -0.25) is 4.90 Å². The lowest BCUT2D eigenvalue weighted by atomic mass is 9.89. The summed E-state index contributed by atoms with van der Waals surface area (Å²) in [5.74, 6) is 0.467. The van der Waals surface area contributed by atoms with E-state index < -0.39 is 5.54 Å². The lowest BCUT2D eigenvalue weighted by molar-refractivity contribution is 0.150. The number of carbonyl (C=O) groups is 1. The van der Waals surface area contributed by atoms with Crippen LogP contribution >= 0.6 is 0 Å². The van der Waals surface area contributed by atoms with Crippen LogP contribution in [0, 0.1) is 0 Å². The number of amides is 1. The highest BCUT2D eigenvalue weighted by molar-refractivity contribution is 5.75. The van der Waals surface area contributed by atoms with E-state index in [1.165, 1.54) is 0 Å². The SMILES string of the molecule is C=C1OC(=O)N(Cc2ccccc2)C1(C)c1ccccc1. The molecule has 1 aliphatic rings. The van der Waals surface area contributed by atoms with Gasteiger partial charge < -0.3 is 4.74 Å². The summed E-state index contributed by atoms with van der Waals surface area (Å²) >= 11 is 0. The molecule has 0 saturated carbocycles. The van der Waals surface area contributed by atoms with Crippen LogP contribution in [0.3, 0.4) is 0 Å². The van der Waals surface area contributed by atoms with E-state index in [1.807, 2.05) is 67.6 Å². The smallest absolute Gasteiger partial charge is 0.412 e. The second-order valence-corrected chi connectivity index (χ2v) is 5.30. The molecule has 0 bridgehead atoms. The van der Waals surface area contributed by atoms with E-state index in [0.29, 0.717) is 12.3 Å². The van der Waals surface area contributed by atoms with Crippen LogP contribution in [0.15, 0.2) is 73.0 Å². The molecule has 1 aliphatic heterocycles. The Bertz CT molecular complexity index is 666. The molecule has 1 amide bonds. The highest BCUT2D eigenvalue weighted by Crippen LogP contribution is 2.42. The van der Waals surface area contributed by atoms with E-state index in [2.05, 4.69) is 6.58 Å². The van der Waals surface area contributed by atoms with Gasteiger partial charge in [-0.05, 0) is 18.1 Å². The number of ether oxygens (including phenoxy) is 1. The number of cyclic esters (lactones) is 1. The third-order valence-corrected chi connectivity index (χ3v) is 4.03. The Morgan fingerprint density at radius 1 is 1.05 bits per heavy atom.